The average molecular weight is 599 g/mol. The SMILES string of the molecule is Cc1c(Cl)cccc1-c1ccc(C2C(c3ccccn3)NC(=S)N2c2ccc(Sc3ccc([N+](=O)[O-])cc3)cc2)o1. The Kier molecular flexibility index (Phi) is 7.49. The number of pyridine rings is 1. The first-order valence-corrected chi connectivity index (χ1v) is 14.4. The molecule has 1 aliphatic rings. The molecule has 1 fully saturated rings. The summed E-state index contributed by atoms with van der Waals surface area (Å²) in [6.07, 6.45) is 1.77. The van der Waals surface area contributed by atoms with Gasteiger partial charge >= 0.3 is 0 Å². The number of benzene rings is 3. The third kappa shape index (κ3) is 5.44. The zero-order chi connectivity index (χ0) is 28.5. The molecule has 0 saturated carbocycles. The standard InChI is InChI=1S/C31H23ClN4O3S2/c1-19-24(5-4-6-25(19)32)27-16-17-28(39-27)30-29(26-7-2-3-18-33-26)34-31(40)35(30)20-8-12-22(13-9-20)41-23-14-10-21(11-15-23)36(37)38/h2-18,29-30H,1H3,(H,34,40). The van der Waals surface area contributed by atoms with Crippen molar-refractivity contribution in [3.63, 3.8) is 0 Å². The molecule has 5 aromatic rings. The van der Waals surface area contributed by atoms with E-state index in [9.17, 15) is 10.1 Å². The normalized spacial score (nSPS) is 16.5. The van der Waals surface area contributed by atoms with Gasteiger partial charge in [-0.15, -0.1) is 0 Å². The molecule has 0 bridgehead atoms. The van der Waals surface area contributed by atoms with Crippen molar-refractivity contribution >= 4 is 52.1 Å². The highest BCUT2D eigenvalue weighted by molar-refractivity contribution is 7.99. The molecule has 2 unspecified atom stereocenters. The van der Waals surface area contributed by atoms with Crippen LogP contribution in [0.1, 0.15) is 29.1 Å². The van der Waals surface area contributed by atoms with E-state index in [0.29, 0.717) is 10.1 Å². The van der Waals surface area contributed by atoms with Gasteiger partial charge in [-0.05, 0) is 91.4 Å². The lowest BCUT2D eigenvalue weighted by molar-refractivity contribution is -0.384. The summed E-state index contributed by atoms with van der Waals surface area (Å²) in [5.41, 5.74) is 3.71. The topological polar surface area (TPSA) is 84.4 Å². The lowest BCUT2D eigenvalue weighted by Crippen LogP contribution is -2.29. The third-order valence-corrected chi connectivity index (χ3v) is 8.69. The average Bonchev–Trinajstić information content (AvgIpc) is 3.60. The van der Waals surface area contributed by atoms with Crippen LogP contribution in [0, 0.1) is 17.0 Å². The third-order valence-electron chi connectivity index (χ3n) is 6.95. The highest BCUT2D eigenvalue weighted by Crippen LogP contribution is 2.44. The summed E-state index contributed by atoms with van der Waals surface area (Å²) >= 11 is 13.8. The van der Waals surface area contributed by atoms with Gasteiger partial charge in [-0.3, -0.25) is 15.1 Å². The van der Waals surface area contributed by atoms with Crippen molar-refractivity contribution in [1.29, 1.82) is 0 Å². The lowest BCUT2D eigenvalue weighted by Gasteiger charge is -2.26. The van der Waals surface area contributed by atoms with Crippen LogP contribution >= 0.6 is 35.6 Å². The Labute approximate surface area is 251 Å². The molecule has 2 atom stereocenters. The number of nitro benzene ring substituents is 1. The van der Waals surface area contributed by atoms with Crippen molar-refractivity contribution in [2.75, 3.05) is 4.90 Å². The summed E-state index contributed by atoms with van der Waals surface area (Å²) in [5, 5.41) is 15.7. The first-order valence-electron chi connectivity index (χ1n) is 12.8. The Bertz CT molecular complexity index is 1730. The van der Waals surface area contributed by atoms with E-state index in [1.54, 1.807) is 18.3 Å². The second-order valence-electron chi connectivity index (χ2n) is 9.46. The Hall–Kier alpha value is -4.18. The van der Waals surface area contributed by atoms with Crippen LogP contribution in [0.3, 0.4) is 0 Å². The molecule has 6 rings (SSSR count). The van der Waals surface area contributed by atoms with Crippen LogP contribution in [0.4, 0.5) is 11.4 Å². The summed E-state index contributed by atoms with van der Waals surface area (Å²) in [7, 11) is 0. The van der Waals surface area contributed by atoms with Crippen LogP contribution in [0.2, 0.25) is 5.02 Å². The maximum atomic E-state index is 11.0. The maximum Gasteiger partial charge on any atom is 0.269 e. The fraction of sp³-hybridized carbons (Fsp3) is 0.0968. The van der Waals surface area contributed by atoms with Gasteiger partial charge in [0.05, 0.1) is 16.7 Å². The summed E-state index contributed by atoms with van der Waals surface area (Å²) in [6.45, 7) is 1.98. The number of non-ortho nitro benzene ring substituents is 1. The molecular formula is C31H23ClN4O3S2. The number of hydrogen-bond donors (Lipinski definition) is 1. The zero-order valence-corrected chi connectivity index (χ0v) is 24.1. The summed E-state index contributed by atoms with van der Waals surface area (Å²) in [6, 6.07) is 29.6. The number of aromatic nitrogens is 1. The number of furan rings is 1. The first kappa shape index (κ1) is 27.0. The van der Waals surface area contributed by atoms with E-state index in [-0.39, 0.29) is 17.8 Å². The second kappa shape index (κ2) is 11.4. The van der Waals surface area contributed by atoms with E-state index in [1.807, 2.05) is 79.7 Å². The number of thiocarbonyl (C=S) groups is 1. The van der Waals surface area contributed by atoms with Crippen LogP contribution in [0.5, 0.6) is 0 Å². The summed E-state index contributed by atoms with van der Waals surface area (Å²) in [5.74, 6) is 1.47. The first-order chi connectivity index (χ1) is 19.9. The van der Waals surface area contributed by atoms with Crippen molar-refractivity contribution in [1.82, 2.24) is 10.3 Å². The van der Waals surface area contributed by atoms with Crippen molar-refractivity contribution in [2.45, 2.75) is 28.8 Å². The summed E-state index contributed by atoms with van der Waals surface area (Å²) < 4.78 is 6.49. The second-order valence-corrected chi connectivity index (χ2v) is 11.4. The molecule has 10 heteroatoms. The van der Waals surface area contributed by atoms with Crippen LogP contribution < -0.4 is 10.2 Å². The smallest absolute Gasteiger partial charge is 0.269 e. The van der Waals surface area contributed by atoms with E-state index >= 15 is 0 Å². The van der Waals surface area contributed by atoms with E-state index < -0.39 is 4.92 Å². The van der Waals surface area contributed by atoms with E-state index in [0.717, 1.165) is 43.8 Å². The number of halogens is 1. The molecule has 0 spiro atoms. The van der Waals surface area contributed by atoms with Gasteiger partial charge in [-0.25, -0.2) is 0 Å². The molecule has 3 heterocycles. The number of nitrogens with zero attached hydrogens (tertiary/aromatic N) is 3. The molecule has 0 amide bonds. The minimum atomic E-state index is -0.400. The van der Waals surface area contributed by atoms with E-state index in [1.165, 1.54) is 23.9 Å². The molecule has 41 heavy (non-hydrogen) atoms. The van der Waals surface area contributed by atoms with Gasteiger partial charge in [-0.1, -0.05) is 41.6 Å². The molecule has 0 aliphatic carbocycles. The fourth-order valence-corrected chi connectivity index (χ4v) is 6.24. The van der Waals surface area contributed by atoms with Crippen molar-refractivity contribution < 1.29 is 9.34 Å². The van der Waals surface area contributed by atoms with Crippen LogP contribution in [-0.4, -0.2) is 15.0 Å². The van der Waals surface area contributed by atoms with Gasteiger partial charge in [0.15, 0.2) is 5.11 Å². The Balaban J connectivity index is 1.33. The molecular weight excluding hydrogens is 576 g/mol. The molecule has 1 saturated heterocycles. The monoisotopic (exact) mass is 598 g/mol. The van der Waals surface area contributed by atoms with Gasteiger partial charge in [0.1, 0.15) is 17.6 Å². The van der Waals surface area contributed by atoms with E-state index in [2.05, 4.69) is 15.2 Å². The van der Waals surface area contributed by atoms with Gasteiger partial charge in [0, 0.05) is 44.4 Å². The molecule has 1 aliphatic heterocycles. The molecule has 0 radical (unpaired) electrons. The molecule has 204 valence electrons. The Morgan fingerprint density at radius 1 is 0.976 bits per heavy atom. The van der Waals surface area contributed by atoms with E-state index in [4.69, 9.17) is 28.2 Å². The predicted molar refractivity (Wildman–Crippen MR) is 165 cm³/mol. The highest BCUT2D eigenvalue weighted by Gasteiger charge is 2.42. The van der Waals surface area contributed by atoms with Gasteiger partial charge in [0.2, 0.25) is 0 Å². The number of anilines is 1. The molecule has 3 aromatic carbocycles. The van der Waals surface area contributed by atoms with Crippen molar-refractivity contribution in [3.8, 4) is 11.3 Å². The van der Waals surface area contributed by atoms with Gasteiger partial charge in [0.25, 0.3) is 5.69 Å². The number of hydrogen-bond acceptors (Lipinski definition) is 6. The van der Waals surface area contributed by atoms with Crippen LogP contribution in [0.25, 0.3) is 11.3 Å². The quantitative estimate of drug-likeness (QED) is 0.113. The van der Waals surface area contributed by atoms with Crippen molar-refractivity contribution in [2.24, 2.45) is 0 Å². The van der Waals surface area contributed by atoms with Gasteiger partial charge in [-0.2, -0.15) is 0 Å². The highest BCUT2D eigenvalue weighted by atomic mass is 35.5. The Morgan fingerprint density at radius 3 is 2.39 bits per heavy atom. The molecule has 7 nitrogen and oxygen atoms in total. The Morgan fingerprint density at radius 2 is 1.71 bits per heavy atom. The van der Waals surface area contributed by atoms with Gasteiger partial charge < -0.3 is 14.6 Å². The van der Waals surface area contributed by atoms with Crippen LogP contribution in [0.15, 0.2) is 117 Å². The number of rotatable bonds is 7. The largest absolute Gasteiger partial charge is 0.459 e. The predicted octanol–water partition coefficient (Wildman–Crippen LogP) is 8.54. The van der Waals surface area contributed by atoms with Crippen molar-refractivity contribution in [3.05, 3.63) is 135 Å². The number of nitrogens with one attached hydrogen (secondary N) is 1. The maximum absolute atomic E-state index is 11.0. The molecule has 1 N–H and O–H groups in total. The number of nitro groups is 1. The molecule has 2 aromatic heterocycles. The zero-order valence-electron chi connectivity index (χ0n) is 21.7. The lowest BCUT2D eigenvalue weighted by atomic mass is 10.0. The fourth-order valence-electron chi connectivity index (χ4n) is 4.90. The summed E-state index contributed by atoms with van der Waals surface area (Å²) in [4.78, 5) is 19.1. The van der Waals surface area contributed by atoms with Crippen LogP contribution in [-0.2, 0) is 0 Å². The minimum Gasteiger partial charge on any atom is -0.459 e. The minimum absolute atomic E-state index is 0.0693.